The van der Waals surface area contributed by atoms with Gasteiger partial charge in [-0.3, -0.25) is 4.79 Å². The summed E-state index contributed by atoms with van der Waals surface area (Å²) in [7, 11) is 0. The van der Waals surface area contributed by atoms with Crippen LogP contribution < -0.4 is 10.1 Å². The van der Waals surface area contributed by atoms with Crippen LogP contribution in [-0.4, -0.2) is 17.5 Å². The molecule has 1 aromatic heterocycles. The van der Waals surface area contributed by atoms with E-state index in [0.29, 0.717) is 16.8 Å². The average Bonchev–Trinajstić information content (AvgIpc) is 3.06. The molecule has 1 N–H and O–H groups in total. The maximum Gasteiger partial charge on any atom is 0.230 e. The molecule has 0 radical (unpaired) electrons. The molecular weight excluding hydrogens is 356 g/mol. The normalized spacial score (nSPS) is 10.5. The summed E-state index contributed by atoms with van der Waals surface area (Å²) in [4.78, 5) is 16.7. The molecule has 0 bridgehead atoms. The van der Waals surface area contributed by atoms with Gasteiger partial charge in [0.25, 0.3) is 0 Å². The number of anilines is 1. The van der Waals surface area contributed by atoms with Gasteiger partial charge in [-0.25, -0.2) is 4.98 Å². The van der Waals surface area contributed by atoms with Crippen LogP contribution >= 0.6 is 22.9 Å². The van der Waals surface area contributed by atoms with Crippen molar-refractivity contribution in [2.75, 3.05) is 11.9 Å². The number of ether oxygens (including phenoxy) is 1. The Morgan fingerprint density at radius 3 is 2.76 bits per heavy atom. The zero-order valence-electron chi connectivity index (χ0n) is 13.7. The second-order valence-electron chi connectivity index (χ2n) is 5.28. The van der Waals surface area contributed by atoms with Crippen LogP contribution in [0.1, 0.15) is 12.5 Å². The van der Waals surface area contributed by atoms with Crippen molar-refractivity contribution in [1.29, 1.82) is 0 Å². The molecular formula is C19H17ClN2O2S. The van der Waals surface area contributed by atoms with Crippen LogP contribution in [0, 0.1) is 0 Å². The van der Waals surface area contributed by atoms with E-state index >= 15 is 0 Å². The predicted molar refractivity (Wildman–Crippen MR) is 103 cm³/mol. The molecule has 0 aliphatic heterocycles. The van der Waals surface area contributed by atoms with Gasteiger partial charge in [-0.2, -0.15) is 0 Å². The largest absolute Gasteiger partial charge is 0.493 e. The van der Waals surface area contributed by atoms with Gasteiger partial charge in [0.05, 0.1) is 18.7 Å². The monoisotopic (exact) mass is 372 g/mol. The third kappa shape index (κ3) is 4.38. The molecule has 0 unspecified atom stereocenters. The van der Waals surface area contributed by atoms with E-state index in [1.807, 2.05) is 54.8 Å². The molecule has 0 saturated carbocycles. The van der Waals surface area contributed by atoms with Gasteiger partial charge in [-0.05, 0) is 30.7 Å². The number of rotatable bonds is 6. The molecule has 1 heterocycles. The predicted octanol–water partition coefficient (Wildman–Crippen LogP) is 5.04. The summed E-state index contributed by atoms with van der Waals surface area (Å²) in [6.07, 6.45) is 0.212. The summed E-state index contributed by atoms with van der Waals surface area (Å²) in [6.45, 7) is 2.53. The van der Waals surface area contributed by atoms with Gasteiger partial charge in [0.2, 0.25) is 5.91 Å². The Labute approximate surface area is 155 Å². The highest BCUT2D eigenvalue weighted by Crippen LogP contribution is 2.32. The Morgan fingerprint density at radius 1 is 1.20 bits per heavy atom. The van der Waals surface area contributed by atoms with Crippen LogP contribution in [0.25, 0.3) is 11.3 Å². The number of nitrogens with one attached hydrogen (secondary N) is 1. The first-order valence-corrected chi connectivity index (χ1v) is 9.14. The maximum atomic E-state index is 12.2. The summed E-state index contributed by atoms with van der Waals surface area (Å²) in [5, 5.41) is 5.87. The van der Waals surface area contributed by atoms with Gasteiger partial charge in [-0.15, -0.1) is 11.3 Å². The minimum Gasteiger partial charge on any atom is -0.493 e. The van der Waals surface area contributed by atoms with Gasteiger partial charge in [0.15, 0.2) is 5.13 Å². The van der Waals surface area contributed by atoms with Crippen molar-refractivity contribution in [3.05, 3.63) is 64.5 Å². The Balaban J connectivity index is 1.72. The standard InChI is InChI=1S/C19H17ClN2O2S/c1-2-24-17-10-6-4-8-14(17)16-12-25-19(21-16)22-18(23)11-13-7-3-5-9-15(13)20/h3-10,12H,2,11H2,1H3,(H,21,22,23). The van der Waals surface area contributed by atoms with Crippen molar-refractivity contribution in [1.82, 2.24) is 4.98 Å². The first-order valence-electron chi connectivity index (χ1n) is 7.88. The minimum atomic E-state index is -0.146. The molecule has 0 fully saturated rings. The van der Waals surface area contributed by atoms with Crippen LogP contribution in [0.3, 0.4) is 0 Å². The summed E-state index contributed by atoms with van der Waals surface area (Å²) in [5.41, 5.74) is 2.48. The number of thiazole rings is 1. The zero-order valence-corrected chi connectivity index (χ0v) is 15.2. The van der Waals surface area contributed by atoms with E-state index in [1.54, 1.807) is 6.07 Å². The summed E-state index contributed by atoms with van der Waals surface area (Å²) in [5.74, 6) is 0.635. The van der Waals surface area contributed by atoms with Gasteiger partial charge in [0.1, 0.15) is 5.75 Å². The molecule has 6 heteroatoms. The Bertz CT molecular complexity index is 879. The molecule has 4 nitrogen and oxygen atoms in total. The lowest BCUT2D eigenvalue weighted by Gasteiger charge is -2.07. The third-order valence-corrected chi connectivity index (χ3v) is 4.65. The van der Waals surface area contributed by atoms with Crippen LogP contribution in [0.15, 0.2) is 53.9 Å². The number of amides is 1. The highest BCUT2D eigenvalue weighted by molar-refractivity contribution is 7.14. The highest BCUT2D eigenvalue weighted by Gasteiger charge is 2.12. The highest BCUT2D eigenvalue weighted by atomic mass is 35.5. The van der Waals surface area contributed by atoms with Gasteiger partial charge in [-0.1, -0.05) is 41.9 Å². The number of nitrogens with zero attached hydrogens (tertiary/aromatic N) is 1. The summed E-state index contributed by atoms with van der Waals surface area (Å²) >= 11 is 7.48. The van der Waals surface area contributed by atoms with E-state index in [4.69, 9.17) is 16.3 Å². The smallest absolute Gasteiger partial charge is 0.230 e. The second-order valence-corrected chi connectivity index (χ2v) is 6.55. The second kappa shape index (κ2) is 8.14. The van der Waals surface area contributed by atoms with Crippen LogP contribution in [-0.2, 0) is 11.2 Å². The number of para-hydroxylation sites is 1. The number of carbonyl (C=O) groups excluding carboxylic acids is 1. The topological polar surface area (TPSA) is 51.2 Å². The molecule has 0 atom stereocenters. The van der Waals surface area contributed by atoms with Gasteiger partial charge < -0.3 is 10.1 Å². The van der Waals surface area contributed by atoms with E-state index in [9.17, 15) is 4.79 Å². The number of hydrogen-bond acceptors (Lipinski definition) is 4. The summed E-state index contributed by atoms with van der Waals surface area (Å²) < 4.78 is 5.64. The third-order valence-electron chi connectivity index (χ3n) is 3.52. The molecule has 1 amide bonds. The van der Waals surface area contributed by atoms with Crippen molar-refractivity contribution in [2.24, 2.45) is 0 Å². The van der Waals surface area contributed by atoms with E-state index in [2.05, 4.69) is 10.3 Å². The molecule has 0 saturated heterocycles. The summed E-state index contributed by atoms with van der Waals surface area (Å²) in [6, 6.07) is 15.0. The number of carbonyl (C=O) groups is 1. The maximum absolute atomic E-state index is 12.2. The molecule has 0 spiro atoms. The fraction of sp³-hybridized carbons (Fsp3) is 0.158. The Kier molecular flexibility index (Phi) is 5.68. The quantitative estimate of drug-likeness (QED) is 0.659. The average molecular weight is 373 g/mol. The molecule has 2 aromatic carbocycles. The first-order chi connectivity index (χ1) is 12.2. The van der Waals surface area contributed by atoms with Crippen molar-refractivity contribution in [2.45, 2.75) is 13.3 Å². The lowest BCUT2D eigenvalue weighted by atomic mass is 10.1. The van der Waals surface area contributed by atoms with Crippen molar-refractivity contribution < 1.29 is 9.53 Å². The Morgan fingerprint density at radius 2 is 1.96 bits per heavy atom. The number of benzene rings is 2. The van der Waals surface area contributed by atoms with Crippen molar-refractivity contribution in [3.63, 3.8) is 0 Å². The fourth-order valence-corrected chi connectivity index (χ4v) is 3.32. The zero-order chi connectivity index (χ0) is 17.6. The van der Waals surface area contributed by atoms with E-state index in [1.165, 1.54) is 11.3 Å². The van der Waals surface area contributed by atoms with E-state index < -0.39 is 0 Å². The Hall–Kier alpha value is -2.37. The minimum absolute atomic E-state index is 0.146. The fourth-order valence-electron chi connectivity index (χ4n) is 2.39. The first kappa shape index (κ1) is 17.5. The van der Waals surface area contributed by atoms with Crippen molar-refractivity contribution in [3.8, 4) is 17.0 Å². The molecule has 0 aliphatic carbocycles. The number of aromatic nitrogens is 1. The van der Waals surface area contributed by atoms with E-state index in [0.717, 1.165) is 22.6 Å². The number of hydrogen-bond donors (Lipinski definition) is 1. The van der Waals surface area contributed by atoms with E-state index in [-0.39, 0.29) is 12.3 Å². The lowest BCUT2D eigenvalue weighted by Crippen LogP contribution is -2.14. The SMILES string of the molecule is CCOc1ccccc1-c1csc(NC(=O)Cc2ccccc2Cl)n1. The molecule has 3 aromatic rings. The van der Waals surface area contributed by atoms with Crippen molar-refractivity contribution >= 4 is 34.0 Å². The molecule has 0 aliphatic rings. The molecule has 25 heavy (non-hydrogen) atoms. The molecule has 3 rings (SSSR count). The van der Waals surface area contributed by atoms with Gasteiger partial charge >= 0.3 is 0 Å². The molecule has 128 valence electrons. The van der Waals surface area contributed by atoms with Gasteiger partial charge in [0, 0.05) is 16.0 Å². The van der Waals surface area contributed by atoms with Crippen LogP contribution in [0.4, 0.5) is 5.13 Å². The van der Waals surface area contributed by atoms with Crippen LogP contribution in [0.2, 0.25) is 5.02 Å². The number of halogens is 1. The van der Waals surface area contributed by atoms with Crippen LogP contribution in [0.5, 0.6) is 5.75 Å². The lowest BCUT2D eigenvalue weighted by molar-refractivity contribution is -0.115.